The highest BCUT2D eigenvalue weighted by atomic mass is 16.4. The number of hydrogen-bond donors (Lipinski definition) is 3. The maximum absolute atomic E-state index is 11.1. The number of carbonyl (C=O) groups is 2. The van der Waals surface area contributed by atoms with Crippen LogP contribution < -0.4 is 5.32 Å². The normalized spacial score (nSPS) is 11.5. The van der Waals surface area contributed by atoms with Gasteiger partial charge in [-0.25, -0.2) is 4.79 Å². The molecule has 0 aromatic rings. The lowest BCUT2D eigenvalue weighted by molar-refractivity contribution is -0.146. The van der Waals surface area contributed by atoms with Gasteiger partial charge in [0.25, 0.3) is 0 Å². The Morgan fingerprint density at radius 3 is 2.60 bits per heavy atom. The molecule has 15 heavy (non-hydrogen) atoms. The maximum Gasteiger partial charge on any atom is 0.334 e. The average Bonchev–Trinajstić information content (AvgIpc) is 2.20. The summed E-state index contributed by atoms with van der Waals surface area (Å²) < 4.78 is 0. The molecule has 1 amide bonds. The Morgan fingerprint density at radius 1 is 1.40 bits per heavy atom. The molecule has 0 fully saturated rings. The Bertz CT molecular complexity index is 257. The summed E-state index contributed by atoms with van der Waals surface area (Å²) in [6, 6.07) is 0. The number of unbranched alkanes of at least 4 members (excludes halogenated alkanes) is 2. The van der Waals surface area contributed by atoms with Crippen molar-refractivity contribution in [3.8, 4) is 12.3 Å². The van der Waals surface area contributed by atoms with Crippen LogP contribution in [0.3, 0.4) is 0 Å². The smallest absolute Gasteiger partial charge is 0.334 e. The molecule has 1 atom stereocenters. The van der Waals surface area contributed by atoms with E-state index in [1.165, 1.54) is 0 Å². The molecule has 0 bridgehead atoms. The summed E-state index contributed by atoms with van der Waals surface area (Å²) in [5.74, 6) is 0.841. The van der Waals surface area contributed by atoms with E-state index in [4.69, 9.17) is 16.6 Å². The summed E-state index contributed by atoms with van der Waals surface area (Å²) >= 11 is 0. The van der Waals surface area contributed by atoms with E-state index < -0.39 is 12.1 Å². The molecule has 0 aromatic heterocycles. The second-order valence-corrected chi connectivity index (χ2v) is 3.07. The molecule has 0 unspecified atom stereocenters. The van der Waals surface area contributed by atoms with Crippen molar-refractivity contribution in [2.75, 3.05) is 6.54 Å². The number of carbonyl (C=O) groups excluding carboxylic acids is 1. The van der Waals surface area contributed by atoms with Gasteiger partial charge in [-0.15, -0.1) is 12.3 Å². The number of carboxylic acids is 1. The molecule has 0 aromatic carbocycles. The van der Waals surface area contributed by atoms with Crippen LogP contribution >= 0.6 is 0 Å². The molecular weight excluding hydrogens is 198 g/mol. The highest BCUT2D eigenvalue weighted by Crippen LogP contribution is 1.98. The van der Waals surface area contributed by atoms with E-state index in [1.807, 2.05) is 0 Å². The predicted molar refractivity (Wildman–Crippen MR) is 54.0 cm³/mol. The second-order valence-electron chi connectivity index (χ2n) is 3.07. The molecule has 3 N–H and O–H groups in total. The van der Waals surface area contributed by atoms with Crippen molar-refractivity contribution in [2.24, 2.45) is 0 Å². The number of nitrogens with one attached hydrogen (secondary N) is 1. The van der Waals surface area contributed by atoms with Gasteiger partial charge in [0.15, 0.2) is 6.10 Å². The Kier molecular flexibility index (Phi) is 7.02. The van der Waals surface area contributed by atoms with Gasteiger partial charge in [0.1, 0.15) is 0 Å². The van der Waals surface area contributed by atoms with Crippen LogP contribution in [0, 0.1) is 12.3 Å². The van der Waals surface area contributed by atoms with Crippen LogP contribution in [0.15, 0.2) is 0 Å². The lowest BCUT2D eigenvalue weighted by Crippen LogP contribution is -2.36. The quantitative estimate of drug-likeness (QED) is 0.402. The van der Waals surface area contributed by atoms with Crippen molar-refractivity contribution >= 4 is 11.9 Å². The fraction of sp³-hybridized carbons (Fsp3) is 0.600. The van der Waals surface area contributed by atoms with Crippen molar-refractivity contribution in [1.82, 2.24) is 5.32 Å². The first kappa shape index (κ1) is 13.5. The van der Waals surface area contributed by atoms with E-state index in [-0.39, 0.29) is 12.5 Å². The largest absolute Gasteiger partial charge is 0.479 e. The van der Waals surface area contributed by atoms with Crippen molar-refractivity contribution in [3.63, 3.8) is 0 Å². The van der Waals surface area contributed by atoms with Crippen LogP contribution in [0.4, 0.5) is 0 Å². The molecular formula is C10H15NO4. The fourth-order valence-corrected chi connectivity index (χ4v) is 0.899. The monoisotopic (exact) mass is 213 g/mol. The molecule has 0 rings (SSSR count). The molecule has 5 nitrogen and oxygen atoms in total. The van der Waals surface area contributed by atoms with Crippen molar-refractivity contribution in [3.05, 3.63) is 0 Å². The first-order valence-corrected chi connectivity index (χ1v) is 4.69. The number of terminal acetylenes is 1. The average molecular weight is 213 g/mol. The molecule has 0 saturated carbocycles. The number of aliphatic hydroxyl groups is 1. The summed E-state index contributed by atoms with van der Waals surface area (Å²) in [6.45, 7) is -0.261. The topological polar surface area (TPSA) is 86.6 Å². The Morgan fingerprint density at radius 2 is 2.07 bits per heavy atom. The number of aliphatic carboxylic acids is 1. The third-order valence-electron chi connectivity index (χ3n) is 1.75. The molecule has 0 heterocycles. The molecule has 0 spiro atoms. The number of aliphatic hydroxyl groups excluding tert-OH is 1. The fourth-order valence-electron chi connectivity index (χ4n) is 0.899. The molecule has 0 saturated heterocycles. The van der Waals surface area contributed by atoms with Crippen molar-refractivity contribution in [2.45, 2.75) is 31.8 Å². The number of rotatable bonds is 7. The first-order valence-electron chi connectivity index (χ1n) is 4.69. The molecule has 0 aliphatic carbocycles. The second kappa shape index (κ2) is 7.83. The van der Waals surface area contributed by atoms with Gasteiger partial charge in [0.2, 0.25) is 5.91 Å². The van der Waals surface area contributed by atoms with Crippen LogP contribution in [-0.4, -0.2) is 34.7 Å². The zero-order valence-corrected chi connectivity index (χ0v) is 8.40. The van der Waals surface area contributed by atoms with Crippen LogP contribution in [0.1, 0.15) is 25.7 Å². The van der Waals surface area contributed by atoms with E-state index >= 15 is 0 Å². The predicted octanol–water partition coefficient (Wildman–Crippen LogP) is -0.258. The summed E-state index contributed by atoms with van der Waals surface area (Å²) in [4.78, 5) is 21.3. The van der Waals surface area contributed by atoms with Gasteiger partial charge in [-0.05, 0) is 12.8 Å². The van der Waals surface area contributed by atoms with Crippen LogP contribution in [0.2, 0.25) is 0 Å². The van der Waals surface area contributed by atoms with Crippen molar-refractivity contribution in [1.29, 1.82) is 0 Å². The maximum atomic E-state index is 11.1. The molecule has 0 aliphatic rings. The van der Waals surface area contributed by atoms with E-state index in [1.54, 1.807) is 0 Å². The van der Waals surface area contributed by atoms with Gasteiger partial charge in [-0.1, -0.05) is 0 Å². The summed E-state index contributed by atoms with van der Waals surface area (Å²) in [5.41, 5.74) is 0. The summed E-state index contributed by atoms with van der Waals surface area (Å²) in [5, 5.41) is 19.5. The van der Waals surface area contributed by atoms with Gasteiger partial charge < -0.3 is 15.5 Å². The third-order valence-corrected chi connectivity index (χ3v) is 1.75. The minimum Gasteiger partial charge on any atom is -0.479 e. The lowest BCUT2D eigenvalue weighted by Gasteiger charge is -2.07. The van der Waals surface area contributed by atoms with Gasteiger partial charge in [0.05, 0.1) is 6.54 Å². The van der Waals surface area contributed by atoms with E-state index in [9.17, 15) is 9.59 Å². The van der Waals surface area contributed by atoms with E-state index in [0.717, 1.165) is 6.42 Å². The molecule has 5 heteroatoms. The number of carboxylic acid groups (broad SMARTS) is 1. The highest BCUT2D eigenvalue weighted by molar-refractivity contribution is 5.77. The van der Waals surface area contributed by atoms with E-state index in [2.05, 4.69) is 11.2 Å². The molecule has 84 valence electrons. The van der Waals surface area contributed by atoms with Crippen LogP contribution in [0.5, 0.6) is 0 Å². The van der Waals surface area contributed by atoms with Gasteiger partial charge in [-0.2, -0.15) is 0 Å². The summed E-state index contributed by atoms with van der Waals surface area (Å²) in [7, 11) is 0. The standard InChI is InChI=1S/C10H15NO4/c1-2-3-4-5-6-9(13)11-7-8(12)10(14)15/h1,8,12H,3-7H2,(H,11,13)(H,14,15)/t8-/m0/s1. The van der Waals surface area contributed by atoms with Gasteiger partial charge in [-0.3, -0.25) is 4.79 Å². The Hall–Kier alpha value is -1.54. The zero-order valence-electron chi connectivity index (χ0n) is 8.40. The van der Waals surface area contributed by atoms with Crippen molar-refractivity contribution < 1.29 is 19.8 Å². The zero-order chi connectivity index (χ0) is 11.7. The first-order chi connectivity index (χ1) is 7.07. The van der Waals surface area contributed by atoms with Gasteiger partial charge in [0, 0.05) is 12.8 Å². The Labute approximate surface area is 88.5 Å². The molecule has 0 aliphatic heterocycles. The molecule has 0 radical (unpaired) electrons. The minimum atomic E-state index is -1.54. The van der Waals surface area contributed by atoms with Crippen LogP contribution in [0.25, 0.3) is 0 Å². The highest BCUT2D eigenvalue weighted by Gasteiger charge is 2.13. The van der Waals surface area contributed by atoms with E-state index in [0.29, 0.717) is 19.3 Å². The summed E-state index contributed by atoms with van der Waals surface area (Å²) in [6.07, 6.45) is 5.85. The lowest BCUT2D eigenvalue weighted by atomic mass is 10.2. The third kappa shape index (κ3) is 7.52. The SMILES string of the molecule is C#CCCCCC(=O)NC[C@H](O)C(=O)O. The minimum absolute atomic E-state index is 0.261. The Balaban J connectivity index is 3.50. The number of hydrogen-bond acceptors (Lipinski definition) is 3. The van der Waals surface area contributed by atoms with Crippen LogP contribution in [-0.2, 0) is 9.59 Å². The van der Waals surface area contributed by atoms with Gasteiger partial charge >= 0.3 is 5.97 Å². The number of amides is 1.